The lowest BCUT2D eigenvalue weighted by molar-refractivity contribution is 0.143. The first-order valence-electron chi connectivity index (χ1n) is 7.35. The Morgan fingerprint density at radius 2 is 1.75 bits per heavy atom. The Kier molecular flexibility index (Phi) is 5.51. The first-order chi connectivity index (χ1) is 11.2. The van der Waals surface area contributed by atoms with E-state index in [2.05, 4.69) is 0 Å². The third-order valence-corrected chi connectivity index (χ3v) is 4.27. The molecule has 6 N–H and O–H groups in total. The van der Waals surface area contributed by atoms with Gasteiger partial charge < -0.3 is 25.1 Å². The first-order valence-corrected chi connectivity index (χ1v) is 8.96. The van der Waals surface area contributed by atoms with Gasteiger partial charge in [0.15, 0.2) is 0 Å². The number of rotatable bonds is 6. The van der Waals surface area contributed by atoms with Crippen LogP contribution in [0.4, 0.5) is 5.69 Å². The summed E-state index contributed by atoms with van der Waals surface area (Å²) in [5, 5.41) is 31.9. The molecule has 0 aliphatic heterocycles. The number of aromatic hydroxyl groups is 2. The molecule has 2 aromatic carbocycles. The topological polar surface area (TPSA) is 130 Å². The lowest BCUT2D eigenvalue weighted by Crippen LogP contribution is -2.12. The van der Waals surface area contributed by atoms with Crippen LogP contribution in [0.5, 0.6) is 11.5 Å². The number of aliphatic hydroxyl groups is 1. The molecule has 0 fully saturated rings. The highest BCUT2D eigenvalue weighted by Gasteiger charge is 2.26. The van der Waals surface area contributed by atoms with Gasteiger partial charge in [-0.1, -0.05) is 25.1 Å². The summed E-state index contributed by atoms with van der Waals surface area (Å²) < 4.78 is 11.2. The molecule has 8 heteroatoms. The quantitative estimate of drug-likeness (QED) is 0.440. The van der Waals surface area contributed by atoms with Gasteiger partial charge >= 0.3 is 7.75 Å². The fourth-order valence-electron chi connectivity index (χ4n) is 2.67. The van der Waals surface area contributed by atoms with E-state index in [-0.39, 0.29) is 22.7 Å². The van der Waals surface area contributed by atoms with Crippen molar-refractivity contribution >= 4 is 13.4 Å². The number of hydrogen-bond donors (Lipinski definition) is 6. The number of hydrogen-bond acceptors (Lipinski definition) is 4. The molecule has 0 saturated heterocycles. The summed E-state index contributed by atoms with van der Waals surface area (Å²) in [6.07, 6.45) is -0.563. The first kappa shape index (κ1) is 18.3. The number of nitrogens with one attached hydrogen (secondary N) is 1. The van der Waals surface area contributed by atoms with Crippen LogP contribution in [-0.2, 0) is 4.57 Å². The molecule has 0 bridgehead atoms. The van der Waals surface area contributed by atoms with Crippen molar-refractivity contribution in [2.24, 2.45) is 0 Å². The number of aliphatic hydroxyl groups excluding tert-OH is 1. The molecule has 0 amide bonds. The summed E-state index contributed by atoms with van der Waals surface area (Å²) in [6, 6.07) is 10.4. The second kappa shape index (κ2) is 7.23. The van der Waals surface area contributed by atoms with E-state index < -0.39 is 19.8 Å². The zero-order valence-corrected chi connectivity index (χ0v) is 13.9. The van der Waals surface area contributed by atoms with Crippen LogP contribution in [0.25, 0.3) is 0 Å². The maximum Gasteiger partial charge on any atom is 0.427 e. The van der Waals surface area contributed by atoms with E-state index in [1.807, 2.05) is 12.0 Å². The Balaban J connectivity index is 2.43. The monoisotopic (exact) mass is 353 g/mol. The lowest BCUT2D eigenvalue weighted by Gasteiger charge is -2.25. The predicted octanol–water partition coefficient (Wildman–Crippen LogP) is 2.83. The third kappa shape index (κ3) is 4.49. The molecule has 0 aliphatic rings. The van der Waals surface area contributed by atoms with Crippen molar-refractivity contribution in [3.63, 3.8) is 0 Å². The molecule has 2 aromatic rings. The highest BCUT2D eigenvalue weighted by atomic mass is 31.2. The van der Waals surface area contributed by atoms with Crippen molar-refractivity contribution in [1.29, 1.82) is 0 Å². The van der Waals surface area contributed by atoms with Crippen molar-refractivity contribution < 1.29 is 29.7 Å². The van der Waals surface area contributed by atoms with Gasteiger partial charge in [0.05, 0.1) is 11.8 Å². The average Bonchev–Trinajstić information content (AvgIpc) is 2.46. The minimum Gasteiger partial charge on any atom is -0.508 e. The second-order valence-corrected chi connectivity index (χ2v) is 6.79. The van der Waals surface area contributed by atoms with Gasteiger partial charge in [-0.15, -0.1) is 0 Å². The van der Waals surface area contributed by atoms with Gasteiger partial charge in [0.25, 0.3) is 0 Å². The molecule has 24 heavy (non-hydrogen) atoms. The average molecular weight is 353 g/mol. The Bertz CT molecular complexity index is 760. The molecule has 0 radical (unpaired) electrons. The maximum atomic E-state index is 11.2. The summed E-state index contributed by atoms with van der Waals surface area (Å²) in [5.41, 5.74) is 0.890. The van der Waals surface area contributed by atoms with E-state index >= 15 is 0 Å². The van der Waals surface area contributed by atoms with Crippen LogP contribution < -0.4 is 5.09 Å². The van der Waals surface area contributed by atoms with Crippen molar-refractivity contribution in [1.82, 2.24) is 0 Å². The van der Waals surface area contributed by atoms with Gasteiger partial charge in [0.1, 0.15) is 11.5 Å². The van der Waals surface area contributed by atoms with E-state index in [0.717, 1.165) is 6.07 Å². The van der Waals surface area contributed by atoms with Gasteiger partial charge in [-0.2, -0.15) is 0 Å². The van der Waals surface area contributed by atoms with Crippen LogP contribution in [0.2, 0.25) is 0 Å². The lowest BCUT2D eigenvalue weighted by atomic mass is 9.86. The molecule has 2 unspecified atom stereocenters. The molecule has 7 nitrogen and oxygen atoms in total. The minimum atomic E-state index is -4.60. The Morgan fingerprint density at radius 1 is 1.08 bits per heavy atom. The normalized spacial score (nSPS) is 14.2. The van der Waals surface area contributed by atoms with E-state index in [4.69, 9.17) is 9.79 Å². The van der Waals surface area contributed by atoms with Crippen molar-refractivity contribution in [3.05, 3.63) is 53.6 Å². The smallest absolute Gasteiger partial charge is 0.427 e. The molecular formula is C16H20NO6P. The number of phenolic OH excluding ortho intramolecular Hbond substituents is 2. The second-order valence-electron chi connectivity index (χ2n) is 5.48. The number of benzene rings is 2. The van der Waals surface area contributed by atoms with Gasteiger partial charge in [-0.05, 0) is 30.2 Å². The maximum absolute atomic E-state index is 11.2. The van der Waals surface area contributed by atoms with E-state index in [0.29, 0.717) is 12.0 Å². The van der Waals surface area contributed by atoms with Crippen LogP contribution >= 0.6 is 7.75 Å². The minimum absolute atomic E-state index is 0.0468. The predicted molar refractivity (Wildman–Crippen MR) is 89.9 cm³/mol. The molecule has 2 rings (SSSR count). The number of phenols is 2. The summed E-state index contributed by atoms with van der Waals surface area (Å²) in [7, 11) is -4.60. The van der Waals surface area contributed by atoms with Gasteiger partial charge in [-0.3, -0.25) is 5.09 Å². The zero-order chi connectivity index (χ0) is 17.9. The van der Waals surface area contributed by atoms with Crippen molar-refractivity contribution in [2.75, 3.05) is 5.09 Å². The Hall–Kier alpha value is -2.05. The van der Waals surface area contributed by atoms with E-state index in [9.17, 15) is 19.9 Å². The van der Waals surface area contributed by atoms with Crippen molar-refractivity contribution in [2.45, 2.75) is 25.4 Å². The number of anilines is 1. The van der Waals surface area contributed by atoms with Crippen LogP contribution in [0.15, 0.2) is 42.5 Å². The highest BCUT2D eigenvalue weighted by Crippen LogP contribution is 2.43. The van der Waals surface area contributed by atoms with E-state index in [1.165, 1.54) is 24.3 Å². The fourth-order valence-corrected chi connectivity index (χ4v) is 3.18. The van der Waals surface area contributed by atoms with Crippen molar-refractivity contribution in [3.8, 4) is 11.5 Å². The molecule has 0 aliphatic carbocycles. The summed E-state index contributed by atoms with van der Waals surface area (Å²) in [6.45, 7) is 1.86. The van der Waals surface area contributed by atoms with Crippen LogP contribution in [0.3, 0.4) is 0 Å². The van der Waals surface area contributed by atoms with Gasteiger partial charge in [0, 0.05) is 17.5 Å². The van der Waals surface area contributed by atoms with Gasteiger partial charge in [0.2, 0.25) is 0 Å². The van der Waals surface area contributed by atoms with Crippen LogP contribution in [0.1, 0.15) is 36.5 Å². The molecule has 0 heterocycles. The molecular weight excluding hydrogens is 333 g/mol. The molecule has 2 atom stereocenters. The summed E-state index contributed by atoms with van der Waals surface area (Å²) in [5.74, 6) is -0.524. The zero-order valence-electron chi connectivity index (χ0n) is 13.0. The van der Waals surface area contributed by atoms with Crippen LogP contribution in [0, 0.1) is 0 Å². The fraction of sp³-hybridized carbons (Fsp3) is 0.250. The van der Waals surface area contributed by atoms with Gasteiger partial charge in [-0.25, -0.2) is 4.57 Å². The highest BCUT2D eigenvalue weighted by molar-refractivity contribution is 7.53. The molecule has 0 aromatic heterocycles. The molecule has 0 saturated carbocycles. The third-order valence-electron chi connectivity index (χ3n) is 3.74. The molecule has 130 valence electrons. The Labute approximate surface area is 139 Å². The van der Waals surface area contributed by atoms with Crippen LogP contribution in [-0.4, -0.2) is 25.1 Å². The van der Waals surface area contributed by atoms with E-state index in [1.54, 1.807) is 12.1 Å². The SMILES string of the molecule is CCC(c1cccc(O)c1)C(O)c1ccc(O)cc1NP(=O)(O)O. The Morgan fingerprint density at radius 3 is 2.33 bits per heavy atom. The summed E-state index contributed by atoms with van der Waals surface area (Å²) >= 11 is 0. The summed E-state index contributed by atoms with van der Waals surface area (Å²) in [4.78, 5) is 18.2. The largest absolute Gasteiger partial charge is 0.508 e. The molecule has 0 spiro atoms. The standard InChI is InChI=1S/C16H20NO6P/c1-2-13(10-4-3-5-11(18)8-10)16(20)14-7-6-12(19)9-15(14)17-24(21,22)23/h3-9,13,16,18-20H,2H2,1H3,(H3,17,21,22,23).